The first-order valence-electron chi connectivity index (χ1n) is 7.08. The zero-order valence-electron chi connectivity index (χ0n) is 12.5. The van der Waals surface area contributed by atoms with E-state index in [1.807, 2.05) is 31.3 Å². The topological polar surface area (TPSA) is 45.2 Å². The maximum Gasteiger partial charge on any atom is 0.317 e. The van der Waals surface area contributed by atoms with Crippen LogP contribution in [0.5, 0.6) is 0 Å². The molecule has 1 aromatic heterocycles. The van der Waals surface area contributed by atoms with E-state index in [4.69, 9.17) is 0 Å². The van der Waals surface area contributed by atoms with Gasteiger partial charge in [-0.2, -0.15) is 0 Å². The van der Waals surface area contributed by atoms with Gasteiger partial charge in [-0.25, -0.2) is 4.79 Å². The van der Waals surface area contributed by atoms with Crippen LogP contribution in [0.1, 0.15) is 16.7 Å². The minimum Gasteiger partial charge on any atom is -0.334 e. The number of benzene rings is 1. The number of nitrogens with zero attached hydrogens (tertiary/aromatic N) is 2. The van der Waals surface area contributed by atoms with Gasteiger partial charge < -0.3 is 10.2 Å². The first kappa shape index (κ1) is 15.0. The van der Waals surface area contributed by atoms with Crippen LogP contribution >= 0.6 is 0 Å². The number of carbonyl (C=O) groups is 1. The summed E-state index contributed by atoms with van der Waals surface area (Å²) in [7, 11) is 1.81. The molecule has 0 aliphatic rings. The van der Waals surface area contributed by atoms with E-state index in [-0.39, 0.29) is 6.03 Å². The summed E-state index contributed by atoms with van der Waals surface area (Å²) < 4.78 is 0. The summed E-state index contributed by atoms with van der Waals surface area (Å²) in [5.74, 6) is 0. The van der Waals surface area contributed by atoms with Crippen molar-refractivity contribution in [1.82, 2.24) is 15.2 Å². The van der Waals surface area contributed by atoms with Crippen LogP contribution in [-0.2, 0) is 13.0 Å². The second-order valence-electron chi connectivity index (χ2n) is 5.17. The molecule has 0 saturated heterocycles. The summed E-state index contributed by atoms with van der Waals surface area (Å²) in [6, 6.07) is 12.1. The highest BCUT2D eigenvalue weighted by Gasteiger charge is 2.07. The third-order valence-electron chi connectivity index (χ3n) is 3.40. The van der Waals surface area contributed by atoms with Crippen molar-refractivity contribution in [3.63, 3.8) is 0 Å². The molecule has 1 aromatic carbocycles. The number of hydrogen-bond donors (Lipinski definition) is 1. The third kappa shape index (κ3) is 4.91. The summed E-state index contributed by atoms with van der Waals surface area (Å²) >= 11 is 0. The quantitative estimate of drug-likeness (QED) is 0.917. The molecule has 0 atom stereocenters. The van der Waals surface area contributed by atoms with E-state index in [0.29, 0.717) is 13.1 Å². The van der Waals surface area contributed by atoms with E-state index < -0.39 is 0 Å². The molecule has 2 rings (SSSR count). The predicted octanol–water partition coefficient (Wildman–Crippen LogP) is 2.77. The molecule has 1 N–H and O–H groups in total. The number of likely N-dealkylation sites (N-methyl/N-ethyl adjacent to an activating group) is 1. The lowest BCUT2D eigenvalue weighted by Crippen LogP contribution is -2.37. The molecule has 0 fully saturated rings. The van der Waals surface area contributed by atoms with Gasteiger partial charge in [0.05, 0.1) is 0 Å². The van der Waals surface area contributed by atoms with Crippen LogP contribution in [0.3, 0.4) is 0 Å². The van der Waals surface area contributed by atoms with E-state index in [9.17, 15) is 4.79 Å². The Morgan fingerprint density at radius 3 is 2.43 bits per heavy atom. The van der Waals surface area contributed by atoms with Crippen molar-refractivity contribution >= 4 is 6.03 Å². The van der Waals surface area contributed by atoms with Crippen LogP contribution in [-0.4, -0.2) is 29.5 Å². The van der Waals surface area contributed by atoms with Crippen molar-refractivity contribution in [2.24, 2.45) is 0 Å². The second-order valence-corrected chi connectivity index (χ2v) is 5.17. The zero-order valence-corrected chi connectivity index (χ0v) is 12.5. The molecule has 0 aliphatic heterocycles. The Labute approximate surface area is 125 Å². The molecule has 2 aromatic rings. The third-order valence-corrected chi connectivity index (χ3v) is 3.40. The monoisotopic (exact) mass is 283 g/mol. The van der Waals surface area contributed by atoms with Crippen LogP contribution in [0.4, 0.5) is 4.79 Å². The minimum absolute atomic E-state index is 0.0513. The predicted molar refractivity (Wildman–Crippen MR) is 84.0 cm³/mol. The maximum atomic E-state index is 12.0. The van der Waals surface area contributed by atoms with Gasteiger partial charge in [0.25, 0.3) is 0 Å². The summed E-state index contributed by atoms with van der Waals surface area (Å²) in [6.07, 6.45) is 4.37. The number of amides is 2. The second kappa shape index (κ2) is 7.43. The first-order chi connectivity index (χ1) is 10.1. The van der Waals surface area contributed by atoms with Crippen molar-refractivity contribution in [1.29, 1.82) is 0 Å². The molecule has 1 heterocycles. The van der Waals surface area contributed by atoms with Crippen LogP contribution in [0.25, 0.3) is 0 Å². The van der Waals surface area contributed by atoms with Gasteiger partial charge in [0.15, 0.2) is 0 Å². The summed E-state index contributed by atoms with van der Waals surface area (Å²) in [5.41, 5.74) is 3.51. The van der Waals surface area contributed by atoms with Gasteiger partial charge >= 0.3 is 6.03 Å². The summed E-state index contributed by atoms with van der Waals surface area (Å²) in [6.45, 7) is 3.29. The standard InChI is InChI=1S/C17H21N3O/c1-14-3-5-16(6-4-14)13-19-17(21)20(2)12-9-15-7-10-18-11-8-15/h3-8,10-11H,9,12-13H2,1-2H3,(H,19,21). The Bertz CT molecular complexity index is 566. The van der Waals surface area contributed by atoms with Gasteiger partial charge in [0, 0.05) is 32.5 Å². The molecule has 0 spiro atoms. The number of aromatic nitrogens is 1. The van der Waals surface area contributed by atoms with Crippen molar-refractivity contribution in [2.45, 2.75) is 19.9 Å². The number of aryl methyl sites for hydroxylation is 1. The van der Waals surface area contributed by atoms with Gasteiger partial charge in [-0.15, -0.1) is 0 Å². The molecule has 0 aliphatic carbocycles. The fourth-order valence-electron chi connectivity index (χ4n) is 1.97. The molecule has 21 heavy (non-hydrogen) atoms. The Hall–Kier alpha value is -2.36. The van der Waals surface area contributed by atoms with E-state index >= 15 is 0 Å². The Morgan fingerprint density at radius 1 is 1.10 bits per heavy atom. The van der Waals surface area contributed by atoms with Crippen molar-refractivity contribution in [2.75, 3.05) is 13.6 Å². The Morgan fingerprint density at radius 2 is 1.76 bits per heavy atom. The van der Waals surface area contributed by atoms with Crippen LogP contribution in [0, 0.1) is 6.92 Å². The molecule has 0 saturated carbocycles. The van der Waals surface area contributed by atoms with Gasteiger partial charge in [-0.05, 0) is 36.6 Å². The van der Waals surface area contributed by atoms with E-state index in [0.717, 1.165) is 12.0 Å². The van der Waals surface area contributed by atoms with Gasteiger partial charge in [-0.3, -0.25) is 4.98 Å². The highest BCUT2D eigenvalue weighted by molar-refractivity contribution is 5.73. The van der Waals surface area contributed by atoms with Gasteiger partial charge in [0.2, 0.25) is 0 Å². The van der Waals surface area contributed by atoms with Gasteiger partial charge in [0.1, 0.15) is 0 Å². The maximum absolute atomic E-state index is 12.0. The molecular weight excluding hydrogens is 262 g/mol. The van der Waals surface area contributed by atoms with Gasteiger partial charge in [-0.1, -0.05) is 29.8 Å². The highest BCUT2D eigenvalue weighted by atomic mass is 16.2. The van der Waals surface area contributed by atoms with Crippen LogP contribution in [0.2, 0.25) is 0 Å². The van der Waals surface area contributed by atoms with E-state index in [1.165, 1.54) is 11.1 Å². The van der Waals surface area contributed by atoms with Crippen LogP contribution < -0.4 is 5.32 Å². The Balaban J connectivity index is 1.76. The highest BCUT2D eigenvalue weighted by Crippen LogP contribution is 2.03. The lowest BCUT2D eigenvalue weighted by Gasteiger charge is -2.18. The lowest BCUT2D eigenvalue weighted by molar-refractivity contribution is 0.209. The van der Waals surface area contributed by atoms with Crippen molar-refractivity contribution in [3.8, 4) is 0 Å². The number of pyridine rings is 1. The van der Waals surface area contributed by atoms with Crippen molar-refractivity contribution < 1.29 is 4.79 Å². The SMILES string of the molecule is Cc1ccc(CNC(=O)N(C)CCc2ccncc2)cc1. The van der Waals surface area contributed by atoms with E-state index in [2.05, 4.69) is 29.4 Å². The summed E-state index contributed by atoms with van der Waals surface area (Å²) in [4.78, 5) is 17.7. The van der Waals surface area contributed by atoms with Crippen LogP contribution in [0.15, 0.2) is 48.8 Å². The number of urea groups is 1. The fourth-order valence-corrected chi connectivity index (χ4v) is 1.97. The molecule has 0 radical (unpaired) electrons. The molecule has 0 bridgehead atoms. The molecule has 110 valence electrons. The minimum atomic E-state index is -0.0513. The zero-order chi connectivity index (χ0) is 15.1. The normalized spacial score (nSPS) is 10.2. The molecule has 4 nitrogen and oxygen atoms in total. The molecular formula is C17H21N3O. The number of hydrogen-bond acceptors (Lipinski definition) is 2. The van der Waals surface area contributed by atoms with Crippen molar-refractivity contribution in [3.05, 3.63) is 65.5 Å². The molecule has 4 heteroatoms. The number of carbonyl (C=O) groups excluding carboxylic acids is 1. The Kier molecular flexibility index (Phi) is 5.32. The largest absolute Gasteiger partial charge is 0.334 e. The summed E-state index contributed by atoms with van der Waals surface area (Å²) in [5, 5.41) is 2.93. The average Bonchev–Trinajstić information content (AvgIpc) is 2.52. The average molecular weight is 283 g/mol. The molecule has 2 amide bonds. The smallest absolute Gasteiger partial charge is 0.317 e. The first-order valence-corrected chi connectivity index (χ1v) is 7.08. The number of nitrogens with one attached hydrogen (secondary N) is 1. The lowest BCUT2D eigenvalue weighted by atomic mass is 10.1. The van der Waals surface area contributed by atoms with E-state index in [1.54, 1.807) is 17.3 Å². The fraction of sp³-hybridized carbons (Fsp3) is 0.294. The molecule has 0 unspecified atom stereocenters. The number of rotatable bonds is 5.